The van der Waals surface area contributed by atoms with Crippen LogP contribution in [-0.4, -0.2) is 30.6 Å². The third-order valence-corrected chi connectivity index (χ3v) is 4.16. The predicted molar refractivity (Wildman–Crippen MR) is 103 cm³/mol. The zero-order valence-electron chi connectivity index (χ0n) is 15.0. The van der Waals surface area contributed by atoms with Crippen LogP contribution in [-0.2, 0) is 6.54 Å². The molecule has 0 aliphatic carbocycles. The van der Waals surface area contributed by atoms with Crippen LogP contribution in [0.4, 0.5) is 4.39 Å². The monoisotopic (exact) mass is 390 g/mol. The Morgan fingerprint density at radius 1 is 1.17 bits per heavy atom. The number of benzene rings is 1. The summed E-state index contributed by atoms with van der Waals surface area (Å²) in [6.45, 7) is 0.152. The zero-order chi connectivity index (χ0) is 20.2. The van der Waals surface area contributed by atoms with Gasteiger partial charge in [0.2, 0.25) is 0 Å². The molecule has 0 unspecified atom stereocenters. The number of nitrogens with one attached hydrogen (secondary N) is 2. The Balaban J connectivity index is 1.44. The van der Waals surface area contributed by atoms with Crippen molar-refractivity contribution >= 4 is 5.91 Å². The van der Waals surface area contributed by atoms with E-state index in [9.17, 15) is 14.0 Å². The zero-order valence-corrected chi connectivity index (χ0v) is 15.0. The Kier molecular flexibility index (Phi) is 4.93. The van der Waals surface area contributed by atoms with Crippen molar-refractivity contribution in [1.29, 1.82) is 0 Å². The number of carbonyl (C=O) groups excluding carboxylic acids is 1. The molecule has 0 aliphatic heterocycles. The number of H-pyrrole nitrogens is 1. The number of aromatic nitrogens is 5. The molecule has 0 saturated heterocycles. The van der Waals surface area contributed by atoms with E-state index in [1.54, 1.807) is 49.1 Å². The maximum atomic E-state index is 13.3. The number of aromatic amines is 1. The molecule has 0 atom stereocenters. The van der Waals surface area contributed by atoms with Crippen LogP contribution in [0.1, 0.15) is 15.9 Å². The molecule has 2 N–H and O–H groups in total. The van der Waals surface area contributed by atoms with Crippen LogP contribution in [0.3, 0.4) is 0 Å². The van der Waals surface area contributed by atoms with E-state index in [0.717, 1.165) is 0 Å². The molecule has 0 bridgehead atoms. The van der Waals surface area contributed by atoms with Gasteiger partial charge in [0.15, 0.2) is 0 Å². The Hall–Kier alpha value is -4.14. The molecule has 0 aliphatic rings. The first-order valence-electron chi connectivity index (χ1n) is 8.67. The lowest BCUT2D eigenvalue weighted by molar-refractivity contribution is 0.0949. The van der Waals surface area contributed by atoms with E-state index < -0.39 is 11.5 Å². The van der Waals surface area contributed by atoms with Crippen LogP contribution in [0.2, 0.25) is 0 Å². The molecular weight excluding hydrogens is 375 g/mol. The van der Waals surface area contributed by atoms with Crippen molar-refractivity contribution in [3.63, 3.8) is 0 Å². The summed E-state index contributed by atoms with van der Waals surface area (Å²) < 4.78 is 14.8. The van der Waals surface area contributed by atoms with Crippen molar-refractivity contribution in [3.05, 3.63) is 94.7 Å². The van der Waals surface area contributed by atoms with E-state index in [-0.39, 0.29) is 17.9 Å². The van der Waals surface area contributed by atoms with Crippen LogP contribution >= 0.6 is 0 Å². The van der Waals surface area contributed by atoms with Gasteiger partial charge in [-0.3, -0.25) is 14.6 Å². The first-order valence-corrected chi connectivity index (χ1v) is 8.67. The Bertz CT molecular complexity index is 1220. The summed E-state index contributed by atoms with van der Waals surface area (Å²) >= 11 is 0. The predicted octanol–water partition coefficient (Wildman–Crippen LogP) is 2.09. The van der Waals surface area contributed by atoms with Gasteiger partial charge >= 0.3 is 0 Å². The van der Waals surface area contributed by atoms with Gasteiger partial charge in [0, 0.05) is 42.5 Å². The molecule has 4 aromatic rings. The fourth-order valence-corrected chi connectivity index (χ4v) is 2.70. The summed E-state index contributed by atoms with van der Waals surface area (Å²) in [7, 11) is 0. The van der Waals surface area contributed by atoms with E-state index in [1.165, 1.54) is 23.0 Å². The van der Waals surface area contributed by atoms with Crippen molar-refractivity contribution in [3.8, 4) is 17.1 Å². The van der Waals surface area contributed by atoms with Crippen LogP contribution in [0.15, 0.2) is 72.2 Å². The van der Waals surface area contributed by atoms with Gasteiger partial charge in [0.25, 0.3) is 11.5 Å². The molecule has 9 heteroatoms. The molecule has 3 heterocycles. The normalized spacial score (nSPS) is 10.7. The molecule has 0 spiro atoms. The van der Waals surface area contributed by atoms with Crippen LogP contribution in [0.5, 0.6) is 0 Å². The summed E-state index contributed by atoms with van der Waals surface area (Å²) in [6, 6.07) is 9.41. The fourth-order valence-electron chi connectivity index (χ4n) is 2.70. The third-order valence-electron chi connectivity index (χ3n) is 4.16. The highest BCUT2D eigenvalue weighted by Gasteiger charge is 2.13. The first-order chi connectivity index (χ1) is 14.1. The standard InChI is InChI=1S/C20H15FN6O2/c21-15-2-1-3-16(8-15)27-12-13(10-25-27)9-24-19(28)17-11-23-18(26-20(17)29)14-4-6-22-7-5-14/h1-8,10-12H,9H2,(H,24,28)(H,23,26,29). The average molecular weight is 390 g/mol. The lowest BCUT2D eigenvalue weighted by Gasteiger charge is -2.05. The topological polar surface area (TPSA) is 106 Å². The van der Waals surface area contributed by atoms with Gasteiger partial charge in [-0.25, -0.2) is 14.1 Å². The molecule has 8 nitrogen and oxygen atoms in total. The van der Waals surface area contributed by atoms with E-state index in [4.69, 9.17) is 0 Å². The Labute approximate surface area is 164 Å². The number of carbonyl (C=O) groups is 1. The molecule has 0 fully saturated rings. The summed E-state index contributed by atoms with van der Waals surface area (Å²) in [5.74, 6) is -0.571. The minimum Gasteiger partial charge on any atom is -0.348 e. The van der Waals surface area contributed by atoms with Gasteiger partial charge in [-0.1, -0.05) is 6.07 Å². The molecule has 29 heavy (non-hydrogen) atoms. The van der Waals surface area contributed by atoms with E-state index in [1.807, 2.05) is 0 Å². The van der Waals surface area contributed by atoms with Crippen LogP contribution in [0.25, 0.3) is 17.1 Å². The second-order valence-corrected chi connectivity index (χ2v) is 6.17. The quantitative estimate of drug-likeness (QED) is 0.543. The Morgan fingerprint density at radius 3 is 2.76 bits per heavy atom. The van der Waals surface area contributed by atoms with Gasteiger partial charge in [-0.15, -0.1) is 0 Å². The van der Waals surface area contributed by atoms with Crippen molar-refractivity contribution in [2.75, 3.05) is 0 Å². The minimum absolute atomic E-state index is 0.0969. The SMILES string of the molecule is O=C(NCc1cnn(-c2cccc(F)c2)c1)c1cnc(-c2ccncc2)[nH]c1=O. The van der Waals surface area contributed by atoms with Crippen LogP contribution < -0.4 is 10.9 Å². The lowest BCUT2D eigenvalue weighted by Crippen LogP contribution is -2.29. The highest BCUT2D eigenvalue weighted by atomic mass is 19.1. The fraction of sp³-hybridized carbons (Fsp3) is 0.0500. The number of halogens is 1. The first kappa shape index (κ1) is 18.2. The lowest BCUT2D eigenvalue weighted by atomic mass is 10.2. The van der Waals surface area contributed by atoms with Gasteiger partial charge in [-0.2, -0.15) is 5.10 Å². The van der Waals surface area contributed by atoms with Gasteiger partial charge < -0.3 is 10.3 Å². The minimum atomic E-state index is -0.557. The van der Waals surface area contributed by atoms with Gasteiger partial charge in [0.1, 0.15) is 17.2 Å². The third kappa shape index (κ3) is 4.08. The largest absolute Gasteiger partial charge is 0.348 e. The van der Waals surface area contributed by atoms with Crippen molar-refractivity contribution in [2.45, 2.75) is 6.54 Å². The van der Waals surface area contributed by atoms with Gasteiger partial charge in [0.05, 0.1) is 11.9 Å². The van der Waals surface area contributed by atoms with Crippen molar-refractivity contribution in [2.24, 2.45) is 0 Å². The molecule has 4 rings (SSSR count). The molecule has 0 saturated carbocycles. The maximum Gasteiger partial charge on any atom is 0.264 e. The number of nitrogens with zero attached hydrogens (tertiary/aromatic N) is 4. The number of hydrogen-bond donors (Lipinski definition) is 2. The van der Waals surface area contributed by atoms with E-state index in [0.29, 0.717) is 22.6 Å². The van der Waals surface area contributed by atoms with Crippen molar-refractivity contribution < 1.29 is 9.18 Å². The maximum absolute atomic E-state index is 13.3. The molecule has 0 radical (unpaired) electrons. The number of hydrogen-bond acceptors (Lipinski definition) is 5. The highest BCUT2D eigenvalue weighted by Crippen LogP contribution is 2.11. The average Bonchev–Trinajstić information content (AvgIpc) is 3.22. The highest BCUT2D eigenvalue weighted by molar-refractivity contribution is 5.93. The number of pyridine rings is 1. The Morgan fingerprint density at radius 2 is 2.00 bits per heavy atom. The molecule has 3 aromatic heterocycles. The number of rotatable bonds is 5. The smallest absolute Gasteiger partial charge is 0.264 e. The van der Waals surface area contributed by atoms with Crippen LogP contribution in [0, 0.1) is 5.82 Å². The second kappa shape index (κ2) is 7.85. The summed E-state index contributed by atoms with van der Waals surface area (Å²) in [6.07, 6.45) is 7.63. The summed E-state index contributed by atoms with van der Waals surface area (Å²) in [5.41, 5.74) is 1.31. The molecular formula is C20H15FN6O2. The van der Waals surface area contributed by atoms with E-state index >= 15 is 0 Å². The summed E-state index contributed by atoms with van der Waals surface area (Å²) in [4.78, 5) is 35.3. The molecule has 144 valence electrons. The second-order valence-electron chi connectivity index (χ2n) is 6.17. The van der Waals surface area contributed by atoms with Gasteiger partial charge in [-0.05, 0) is 30.3 Å². The molecule has 1 aromatic carbocycles. The molecule has 1 amide bonds. The summed E-state index contributed by atoms with van der Waals surface area (Å²) in [5, 5.41) is 6.81. The van der Waals surface area contributed by atoms with E-state index in [2.05, 4.69) is 25.4 Å². The number of amides is 1. The van der Waals surface area contributed by atoms with Crippen molar-refractivity contribution in [1.82, 2.24) is 30.0 Å².